The Kier molecular flexibility index (Phi) is 5.77. The second-order valence-electron chi connectivity index (χ2n) is 4.56. The van der Waals surface area contributed by atoms with E-state index in [4.69, 9.17) is 4.74 Å². The Morgan fingerprint density at radius 2 is 2.19 bits per heavy atom. The predicted octanol–water partition coefficient (Wildman–Crippen LogP) is 1.06. The molecule has 1 atom stereocenters. The molecule has 0 radical (unpaired) electrons. The Labute approximate surface area is 98.1 Å². The van der Waals surface area contributed by atoms with Crippen molar-refractivity contribution >= 4 is 5.91 Å². The van der Waals surface area contributed by atoms with Crippen LogP contribution in [0, 0.1) is 0 Å². The van der Waals surface area contributed by atoms with Crippen LogP contribution in [0.25, 0.3) is 0 Å². The van der Waals surface area contributed by atoms with Gasteiger partial charge in [0.15, 0.2) is 0 Å². The molecule has 16 heavy (non-hydrogen) atoms. The van der Waals surface area contributed by atoms with Crippen molar-refractivity contribution in [3.8, 4) is 0 Å². The van der Waals surface area contributed by atoms with E-state index < -0.39 is 0 Å². The smallest absolute Gasteiger partial charge is 0.236 e. The van der Waals surface area contributed by atoms with E-state index in [1.807, 2.05) is 6.92 Å². The van der Waals surface area contributed by atoms with Crippen molar-refractivity contribution in [2.75, 3.05) is 13.7 Å². The number of carbonyl (C=O) groups is 1. The summed E-state index contributed by atoms with van der Waals surface area (Å²) in [6, 6.07) is 0.344. The van der Waals surface area contributed by atoms with Crippen LogP contribution < -0.4 is 10.6 Å². The highest BCUT2D eigenvalue weighted by molar-refractivity contribution is 5.81. The van der Waals surface area contributed by atoms with Crippen molar-refractivity contribution < 1.29 is 9.53 Å². The molecule has 0 aliphatic heterocycles. The molecule has 0 heterocycles. The zero-order valence-electron chi connectivity index (χ0n) is 10.6. The van der Waals surface area contributed by atoms with Crippen LogP contribution in [0.1, 0.15) is 39.5 Å². The molecule has 94 valence electrons. The zero-order chi connectivity index (χ0) is 12.0. The zero-order valence-corrected chi connectivity index (χ0v) is 10.6. The molecule has 0 aromatic carbocycles. The molecule has 0 saturated heterocycles. The van der Waals surface area contributed by atoms with E-state index in [0.717, 1.165) is 32.2 Å². The lowest BCUT2D eigenvalue weighted by Gasteiger charge is -2.36. The summed E-state index contributed by atoms with van der Waals surface area (Å²) in [6.45, 7) is 4.82. The first kappa shape index (κ1) is 13.5. The van der Waals surface area contributed by atoms with E-state index in [1.54, 1.807) is 7.11 Å². The fourth-order valence-corrected chi connectivity index (χ4v) is 1.86. The summed E-state index contributed by atoms with van der Waals surface area (Å²) in [4.78, 5) is 11.6. The summed E-state index contributed by atoms with van der Waals surface area (Å²) in [7, 11) is 1.74. The standard InChI is InChI=1S/C12H24N2O2/c1-4-5-6-13-12(15)9(2)14-10-7-11(8-10)16-3/h9-11,14H,4-8H2,1-3H3,(H,13,15). The molecule has 0 aromatic heterocycles. The van der Waals surface area contributed by atoms with Crippen molar-refractivity contribution in [1.82, 2.24) is 10.6 Å². The molecule has 1 aliphatic rings. The van der Waals surface area contributed by atoms with Crippen LogP contribution in [0.5, 0.6) is 0 Å². The van der Waals surface area contributed by atoms with Crippen LogP contribution in [0.4, 0.5) is 0 Å². The fraction of sp³-hybridized carbons (Fsp3) is 0.917. The summed E-state index contributed by atoms with van der Waals surface area (Å²) in [5.41, 5.74) is 0. The minimum atomic E-state index is -0.0975. The summed E-state index contributed by atoms with van der Waals surface area (Å²) in [5, 5.41) is 6.24. The summed E-state index contributed by atoms with van der Waals surface area (Å²) in [5.74, 6) is 0.106. The number of hydrogen-bond donors (Lipinski definition) is 2. The molecule has 1 unspecified atom stereocenters. The highest BCUT2D eigenvalue weighted by atomic mass is 16.5. The predicted molar refractivity (Wildman–Crippen MR) is 64.3 cm³/mol. The second kappa shape index (κ2) is 6.86. The molecule has 1 amide bonds. The molecule has 4 heteroatoms. The summed E-state index contributed by atoms with van der Waals surface area (Å²) in [6.07, 6.45) is 4.58. The normalized spacial score (nSPS) is 25.9. The number of hydrogen-bond acceptors (Lipinski definition) is 3. The summed E-state index contributed by atoms with van der Waals surface area (Å²) >= 11 is 0. The lowest BCUT2D eigenvalue weighted by Crippen LogP contribution is -2.53. The van der Waals surface area contributed by atoms with Gasteiger partial charge in [-0.25, -0.2) is 0 Å². The van der Waals surface area contributed by atoms with Crippen LogP contribution in [0.2, 0.25) is 0 Å². The molecule has 0 aromatic rings. The highest BCUT2D eigenvalue weighted by Crippen LogP contribution is 2.22. The van der Waals surface area contributed by atoms with Gasteiger partial charge in [0.05, 0.1) is 12.1 Å². The average molecular weight is 228 g/mol. The number of rotatable bonds is 7. The van der Waals surface area contributed by atoms with Gasteiger partial charge in [-0.1, -0.05) is 13.3 Å². The lowest BCUT2D eigenvalue weighted by molar-refractivity contribution is -0.123. The van der Waals surface area contributed by atoms with E-state index in [-0.39, 0.29) is 11.9 Å². The quantitative estimate of drug-likeness (QED) is 0.641. The van der Waals surface area contributed by atoms with Crippen molar-refractivity contribution in [3.63, 3.8) is 0 Å². The first-order valence-corrected chi connectivity index (χ1v) is 6.24. The number of amides is 1. The molecule has 2 N–H and O–H groups in total. The van der Waals surface area contributed by atoms with Gasteiger partial charge in [-0.05, 0) is 26.2 Å². The van der Waals surface area contributed by atoms with Gasteiger partial charge in [0.25, 0.3) is 0 Å². The van der Waals surface area contributed by atoms with Gasteiger partial charge in [-0.3, -0.25) is 4.79 Å². The molecule has 4 nitrogen and oxygen atoms in total. The molecular weight excluding hydrogens is 204 g/mol. The molecule has 0 spiro atoms. The Bertz CT molecular complexity index is 215. The second-order valence-corrected chi connectivity index (χ2v) is 4.56. The van der Waals surface area contributed by atoms with E-state index in [0.29, 0.717) is 12.1 Å². The van der Waals surface area contributed by atoms with Crippen molar-refractivity contribution in [3.05, 3.63) is 0 Å². The minimum absolute atomic E-state index is 0.0975. The largest absolute Gasteiger partial charge is 0.381 e. The van der Waals surface area contributed by atoms with Crippen LogP contribution in [0.3, 0.4) is 0 Å². The Balaban J connectivity index is 2.10. The van der Waals surface area contributed by atoms with Gasteiger partial charge < -0.3 is 15.4 Å². The maximum Gasteiger partial charge on any atom is 0.236 e. The molecule has 1 fully saturated rings. The molecule has 0 bridgehead atoms. The monoisotopic (exact) mass is 228 g/mol. The van der Waals surface area contributed by atoms with E-state index in [2.05, 4.69) is 17.6 Å². The SMILES string of the molecule is CCCCNC(=O)C(C)NC1CC(OC)C1. The van der Waals surface area contributed by atoms with Gasteiger partial charge in [0.1, 0.15) is 0 Å². The third-order valence-electron chi connectivity index (χ3n) is 3.14. The van der Waals surface area contributed by atoms with Gasteiger partial charge in [0.2, 0.25) is 5.91 Å². The van der Waals surface area contributed by atoms with E-state index in [9.17, 15) is 4.79 Å². The number of methoxy groups -OCH3 is 1. The number of ether oxygens (including phenoxy) is 1. The van der Waals surface area contributed by atoms with Gasteiger partial charge in [-0.2, -0.15) is 0 Å². The maximum atomic E-state index is 11.6. The Hall–Kier alpha value is -0.610. The number of nitrogens with one attached hydrogen (secondary N) is 2. The highest BCUT2D eigenvalue weighted by Gasteiger charge is 2.30. The Morgan fingerprint density at radius 3 is 2.75 bits per heavy atom. The third-order valence-corrected chi connectivity index (χ3v) is 3.14. The van der Waals surface area contributed by atoms with Crippen molar-refractivity contribution in [1.29, 1.82) is 0 Å². The van der Waals surface area contributed by atoms with Gasteiger partial charge in [0, 0.05) is 19.7 Å². The number of carbonyl (C=O) groups excluding carboxylic acids is 1. The first-order valence-electron chi connectivity index (χ1n) is 6.24. The van der Waals surface area contributed by atoms with Crippen LogP contribution in [-0.2, 0) is 9.53 Å². The Morgan fingerprint density at radius 1 is 1.50 bits per heavy atom. The topological polar surface area (TPSA) is 50.4 Å². The van der Waals surface area contributed by atoms with E-state index >= 15 is 0 Å². The summed E-state index contributed by atoms with van der Waals surface area (Å²) < 4.78 is 5.20. The molecule has 1 aliphatic carbocycles. The molecule has 1 saturated carbocycles. The van der Waals surface area contributed by atoms with E-state index in [1.165, 1.54) is 0 Å². The molecule has 1 rings (SSSR count). The van der Waals surface area contributed by atoms with Crippen molar-refractivity contribution in [2.45, 2.75) is 57.7 Å². The molecular formula is C12H24N2O2. The maximum absolute atomic E-state index is 11.6. The van der Waals surface area contributed by atoms with Gasteiger partial charge in [-0.15, -0.1) is 0 Å². The third kappa shape index (κ3) is 4.10. The van der Waals surface area contributed by atoms with Crippen LogP contribution in [0.15, 0.2) is 0 Å². The van der Waals surface area contributed by atoms with Crippen LogP contribution >= 0.6 is 0 Å². The average Bonchev–Trinajstić information content (AvgIpc) is 2.22. The fourth-order valence-electron chi connectivity index (χ4n) is 1.86. The van der Waals surface area contributed by atoms with Crippen LogP contribution in [-0.4, -0.2) is 37.7 Å². The minimum Gasteiger partial charge on any atom is -0.381 e. The first-order chi connectivity index (χ1) is 7.67. The lowest BCUT2D eigenvalue weighted by atomic mass is 9.88. The van der Waals surface area contributed by atoms with Crippen molar-refractivity contribution in [2.24, 2.45) is 0 Å². The number of unbranched alkanes of at least 4 members (excludes halogenated alkanes) is 1. The van der Waals surface area contributed by atoms with Gasteiger partial charge >= 0.3 is 0 Å².